The van der Waals surface area contributed by atoms with E-state index in [1.165, 1.54) is 199 Å². The van der Waals surface area contributed by atoms with Gasteiger partial charge in [-0.15, -0.1) is 0 Å². The third-order valence-electron chi connectivity index (χ3n) is 10.2. The van der Waals surface area contributed by atoms with Crippen molar-refractivity contribution in [3.8, 4) is 0 Å². The molecule has 0 aliphatic carbocycles. The molecule has 5 unspecified atom stereocenters. The molecule has 272 valence electrons. The summed E-state index contributed by atoms with van der Waals surface area (Å²) in [6.07, 6.45) is 41.3. The molecule has 0 aliphatic heterocycles. The summed E-state index contributed by atoms with van der Waals surface area (Å²) in [5.74, 6) is 0. The molecule has 0 saturated carbocycles. The molecule has 0 aromatic rings. The number of hydrogen-bond donors (Lipinski definition) is 5. The van der Waals surface area contributed by atoms with E-state index in [2.05, 4.69) is 13.8 Å². The summed E-state index contributed by atoms with van der Waals surface area (Å²) >= 11 is 0. The van der Waals surface area contributed by atoms with Gasteiger partial charge in [0.1, 0.15) is 0 Å². The first-order chi connectivity index (χ1) is 21.9. The van der Waals surface area contributed by atoms with Crippen LogP contribution in [0.1, 0.15) is 226 Å². The lowest BCUT2D eigenvalue weighted by molar-refractivity contribution is 0.156. The fourth-order valence-corrected chi connectivity index (χ4v) is 6.78. The molecule has 0 heterocycles. The van der Waals surface area contributed by atoms with Gasteiger partial charge < -0.3 is 28.0 Å². The number of nitrogens with two attached hydrogens (primary N) is 4. The van der Waals surface area contributed by atoms with Crippen molar-refractivity contribution in [3.63, 3.8) is 0 Å². The number of aliphatic hydroxyl groups is 1. The van der Waals surface area contributed by atoms with Gasteiger partial charge in [0.05, 0.1) is 6.10 Å². The quantitative estimate of drug-likeness (QED) is 0.0433. The van der Waals surface area contributed by atoms with Gasteiger partial charge in [-0.3, -0.25) is 0 Å². The van der Waals surface area contributed by atoms with Gasteiger partial charge in [-0.2, -0.15) is 0 Å². The summed E-state index contributed by atoms with van der Waals surface area (Å²) in [6, 6.07) is 1.61. The molecule has 0 aromatic carbocycles. The van der Waals surface area contributed by atoms with Crippen molar-refractivity contribution in [2.75, 3.05) is 0 Å². The van der Waals surface area contributed by atoms with Crippen LogP contribution in [0.4, 0.5) is 0 Å². The van der Waals surface area contributed by atoms with Crippen molar-refractivity contribution in [3.05, 3.63) is 0 Å². The van der Waals surface area contributed by atoms with E-state index in [0.29, 0.717) is 24.2 Å². The number of aliphatic hydroxyl groups excluding tert-OH is 1. The van der Waals surface area contributed by atoms with Gasteiger partial charge in [0.2, 0.25) is 0 Å². The predicted molar refractivity (Wildman–Crippen MR) is 202 cm³/mol. The summed E-state index contributed by atoms with van der Waals surface area (Å²) in [4.78, 5) is 0. The van der Waals surface area contributed by atoms with Crippen LogP contribution >= 0.6 is 0 Å². The SMILES string of the molecule is CCCCCC(N)CCCCCCCC(N)CCCCCCCC(N)CCCCCCCC(N)CCCCCCCC(O)CC. The summed E-state index contributed by atoms with van der Waals surface area (Å²) in [6.45, 7) is 4.32. The Hall–Kier alpha value is -0.200. The Balaban J connectivity index is 3.37. The maximum Gasteiger partial charge on any atom is 0.0537 e. The van der Waals surface area contributed by atoms with Gasteiger partial charge in [0.25, 0.3) is 0 Å². The zero-order valence-corrected chi connectivity index (χ0v) is 31.0. The van der Waals surface area contributed by atoms with E-state index in [1.807, 2.05) is 0 Å². The zero-order chi connectivity index (χ0) is 33.2. The minimum Gasteiger partial charge on any atom is -0.393 e. The molecule has 45 heavy (non-hydrogen) atoms. The largest absolute Gasteiger partial charge is 0.393 e. The van der Waals surface area contributed by atoms with Gasteiger partial charge in [-0.1, -0.05) is 162 Å². The molecular weight excluding hydrogens is 552 g/mol. The predicted octanol–water partition coefficient (Wildman–Crippen LogP) is 10.6. The van der Waals surface area contributed by atoms with Crippen LogP contribution in [0, 0.1) is 0 Å². The number of unbranched alkanes of at least 4 members (excludes halogenated alkanes) is 18. The Kier molecular flexibility index (Phi) is 35.0. The van der Waals surface area contributed by atoms with Crippen molar-refractivity contribution < 1.29 is 5.11 Å². The summed E-state index contributed by atoms with van der Waals surface area (Å²) in [5.41, 5.74) is 25.4. The normalized spacial score (nSPS) is 15.3. The highest BCUT2D eigenvalue weighted by molar-refractivity contribution is 4.66. The van der Waals surface area contributed by atoms with E-state index in [9.17, 15) is 5.11 Å². The van der Waals surface area contributed by atoms with Crippen molar-refractivity contribution in [1.29, 1.82) is 0 Å². The summed E-state index contributed by atoms with van der Waals surface area (Å²) < 4.78 is 0. The average Bonchev–Trinajstić information content (AvgIpc) is 3.02. The van der Waals surface area contributed by atoms with Gasteiger partial charge >= 0.3 is 0 Å². The molecule has 5 atom stereocenters. The van der Waals surface area contributed by atoms with Crippen LogP contribution in [0.15, 0.2) is 0 Å². The minimum absolute atomic E-state index is 0.0907. The van der Waals surface area contributed by atoms with E-state index in [1.54, 1.807) is 0 Å². The van der Waals surface area contributed by atoms with Crippen LogP contribution < -0.4 is 22.9 Å². The first kappa shape index (κ1) is 44.8. The van der Waals surface area contributed by atoms with Crippen molar-refractivity contribution in [1.82, 2.24) is 0 Å². The lowest BCUT2D eigenvalue weighted by atomic mass is 9.98. The van der Waals surface area contributed by atoms with Crippen molar-refractivity contribution in [2.45, 2.75) is 256 Å². The molecule has 0 fully saturated rings. The molecule has 0 aliphatic rings. The van der Waals surface area contributed by atoms with E-state index in [4.69, 9.17) is 22.9 Å². The van der Waals surface area contributed by atoms with Crippen molar-refractivity contribution in [2.24, 2.45) is 22.9 Å². The lowest BCUT2D eigenvalue weighted by Gasteiger charge is -2.13. The van der Waals surface area contributed by atoms with E-state index >= 15 is 0 Å². The minimum atomic E-state index is -0.0907. The Morgan fingerprint density at radius 1 is 0.311 bits per heavy atom. The van der Waals surface area contributed by atoms with Crippen LogP contribution in [0.5, 0.6) is 0 Å². The Morgan fingerprint density at radius 3 is 0.733 bits per heavy atom. The molecule has 0 bridgehead atoms. The smallest absolute Gasteiger partial charge is 0.0537 e. The number of rotatable bonds is 37. The van der Waals surface area contributed by atoms with E-state index in [-0.39, 0.29) is 6.10 Å². The molecule has 0 radical (unpaired) electrons. The highest BCUT2D eigenvalue weighted by Gasteiger charge is 2.07. The third-order valence-corrected chi connectivity index (χ3v) is 10.2. The van der Waals surface area contributed by atoms with Crippen LogP contribution in [0.2, 0.25) is 0 Å². The van der Waals surface area contributed by atoms with Crippen LogP contribution in [-0.2, 0) is 0 Å². The fourth-order valence-electron chi connectivity index (χ4n) is 6.78. The molecule has 0 spiro atoms. The maximum atomic E-state index is 9.61. The molecule has 5 heteroatoms. The van der Waals surface area contributed by atoms with Gasteiger partial charge in [0.15, 0.2) is 0 Å². The second kappa shape index (κ2) is 35.1. The second-order valence-corrected chi connectivity index (χ2v) is 15.0. The molecule has 0 saturated heterocycles. The van der Waals surface area contributed by atoms with Gasteiger partial charge in [0, 0.05) is 24.2 Å². The van der Waals surface area contributed by atoms with E-state index < -0.39 is 0 Å². The molecule has 0 amide bonds. The highest BCUT2D eigenvalue weighted by atomic mass is 16.3. The number of hydrogen-bond acceptors (Lipinski definition) is 5. The standard InChI is InChI=1S/C40H86N4O/c1-3-5-18-27-36(41)28-19-10-6-11-20-29-37(42)30-21-12-7-13-22-31-38(43)32-23-14-8-15-24-33-39(44)34-25-16-9-17-26-35-40(45)4-2/h36-40,45H,3-35,41-44H2,1-2H3. The first-order valence-electron chi connectivity index (χ1n) is 20.6. The second-order valence-electron chi connectivity index (χ2n) is 15.0. The molecular formula is C40H86N4O. The molecule has 9 N–H and O–H groups in total. The van der Waals surface area contributed by atoms with E-state index in [0.717, 1.165) is 12.8 Å². The molecule has 0 aromatic heterocycles. The summed E-state index contributed by atoms with van der Waals surface area (Å²) in [5, 5.41) is 9.61. The van der Waals surface area contributed by atoms with Crippen LogP contribution in [-0.4, -0.2) is 35.4 Å². The van der Waals surface area contributed by atoms with Crippen molar-refractivity contribution >= 4 is 0 Å². The fraction of sp³-hybridized carbons (Fsp3) is 1.00. The monoisotopic (exact) mass is 639 g/mol. The van der Waals surface area contributed by atoms with Gasteiger partial charge in [-0.05, 0) is 64.2 Å². The molecule has 5 nitrogen and oxygen atoms in total. The topological polar surface area (TPSA) is 124 Å². The van der Waals surface area contributed by atoms with Crippen LogP contribution in [0.25, 0.3) is 0 Å². The Bertz CT molecular complexity index is 562. The molecule has 0 rings (SSSR count). The highest BCUT2D eigenvalue weighted by Crippen LogP contribution is 2.17. The zero-order valence-electron chi connectivity index (χ0n) is 31.0. The maximum absolute atomic E-state index is 9.61. The van der Waals surface area contributed by atoms with Crippen LogP contribution in [0.3, 0.4) is 0 Å². The average molecular weight is 639 g/mol. The lowest BCUT2D eigenvalue weighted by Crippen LogP contribution is -2.20. The van der Waals surface area contributed by atoms with Gasteiger partial charge in [-0.25, -0.2) is 0 Å². The first-order valence-corrected chi connectivity index (χ1v) is 20.6. The summed E-state index contributed by atoms with van der Waals surface area (Å²) in [7, 11) is 0. The third kappa shape index (κ3) is 34.9. The Labute approximate surface area is 283 Å². The Morgan fingerprint density at radius 2 is 0.511 bits per heavy atom.